The summed E-state index contributed by atoms with van der Waals surface area (Å²) in [7, 11) is 0. The van der Waals surface area contributed by atoms with Gasteiger partial charge < -0.3 is 10.7 Å². The summed E-state index contributed by atoms with van der Waals surface area (Å²) in [5.74, 6) is 0. The molecule has 0 saturated carbocycles. The monoisotopic (exact) mass is 219 g/mol. The number of halogens is 2. The van der Waals surface area contributed by atoms with E-state index in [1.54, 1.807) is 0 Å². The van der Waals surface area contributed by atoms with E-state index in [1.165, 1.54) is 0 Å². The molecule has 1 aromatic rings. The lowest BCUT2D eigenvalue weighted by atomic mass is 10.1. The predicted molar refractivity (Wildman–Crippen MR) is 46.6 cm³/mol. The summed E-state index contributed by atoms with van der Waals surface area (Å²) in [5, 5.41) is 10.4. The minimum Gasteiger partial charge on any atom is -0.326 e. The largest absolute Gasteiger partial charge is 0.326 e. The number of nitro groups is 1. The maximum absolute atomic E-state index is 12.5. The summed E-state index contributed by atoms with van der Waals surface area (Å²) in [5.41, 5.74) is 2.05. The molecule has 0 spiro atoms. The summed E-state index contributed by atoms with van der Waals surface area (Å²) in [4.78, 5) is 22.5. The number of hydrogen-bond acceptors (Lipinski definition) is 4. The van der Waals surface area contributed by atoms with Crippen molar-refractivity contribution in [3.05, 3.63) is 37.8 Å². The Kier molecular flexibility index (Phi) is 3.10. The van der Waals surface area contributed by atoms with E-state index in [-0.39, 0.29) is 0 Å². The molecule has 1 heterocycles. The number of aromatic nitrogens is 1. The van der Waals surface area contributed by atoms with Crippen molar-refractivity contribution in [3.63, 3.8) is 0 Å². The molecule has 82 valence electrons. The first-order valence-corrected chi connectivity index (χ1v) is 3.86. The molecule has 0 atom stereocenters. The van der Waals surface area contributed by atoms with Gasteiger partial charge >= 0.3 is 0 Å². The molecule has 1 aromatic heterocycles. The Balaban J connectivity index is 3.56. The zero-order chi connectivity index (χ0) is 11.6. The van der Waals surface area contributed by atoms with Crippen LogP contribution in [-0.2, 0) is 6.54 Å². The first-order valence-electron chi connectivity index (χ1n) is 3.86. The van der Waals surface area contributed by atoms with Crippen LogP contribution in [-0.4, -0.2) is 9.91 Å². The normalized spacial score (nSPS) is 10.7. The molecule has 0 bridgehead atoms. The number of hydrogen-bond donors (Lipinski definition) is 2. The first-order chi connectivity index (χ1) is 6.99. The molecule has 3 N–H and O–H groups in total. The fraction of sp³-hybridized carbons (Fsp3) is 0.286. The highest BCUT2D eigenvalue weighted by molar-refractivity contribution is 5.43. The number of nitrogens with two attached hydrogens (primary N) is 1. The number of pyridine rings is 1. The molecule has 6 nitrogen and oxygen atoms in total. The molecule has 0 aliphatic heterocycles. The van der Waals surface area contributed by atoms with Crippen LogP contribution >= 0.6 is 0 Å². The van der Waals surface area contributed by atoms with Gasteiger partial charge in [0, 0.05) is 12.1 Å². The molecule has 8 heteroatoms. The van der Waals surface area contributed by atoms with Crippen LogP contribution in [0, 0.1) is 10.1 Å². The summed E-state index contributed by atoms with van der Waals surface area (Å²) in [6.45, 7) is -0.476. The third kappa shape index (κ3) is 1.99. The molecular formula is C7H7F2N3O3. The van der Waals surface area contributed by atoms with Gasteiger partial charge in [0.15, 0.2) is 0 Å². The van der Waals surface area contributed by atoms with Crippen molar-refractivity contribution in [2.45, 2.75) is 13.0 Å². The van der Waals surface area contributed by atoms with Gasteiger partial charge in [-0.2, -0.15) is 0 Å². The van der Waals surface area contributed by atoms with Crippen molar-refractivity contribution in [1.82, 2.24) is 4.98 Å². The second-order valence-electron chi connectivity index (χ2n) is 2.66. The molecule has 1 rings (SSSR count). The highest BCUT2D eigenvalue weighted by Gasteiger charge is 2.26. The Labute approximate surface area is 81.9 Å². The van der Waals surface area contributed by atoms with Gasteiger partial charge in [-0.15, -0.1) is 0 Å². The number of alkyl halides is 2. The highest BCUT2D eigenvalue weighted by Crippen LogP contribution is 2.29. The van der Waals surface area contributed by atoms with Crippen LogP contribution in [0.15, 0.2) is 11.0 Å². The number of nitrogens with one attached hydrogen (secondary N) is 1. The lowest BCUT2D eigenvalue weighted by molar-refractivity contribution is -0.386. The molecule has 0 aliphatic rings. The second-order valence-corrected chi connectivity index (χ2v) is 2.66. The lowest BCUT2D eigenvalue weighted by Gasteiger charge is -2.05. The zero-order valence-corrected chi connectivity index (χ0v) is 7.37. The topological polar surface area (TPSA) is 102 Å². The molecule has 0 amide bonds. The quantitative estimate of drug-likeness (QED) is 0.576. The van der Waals surface area contributed by atoms with E-state index in [1.807, 2.05) is 4.98 Å². The van der Waals surface area contributed by atoms with Gasteiger partial charge in [-0.05, 0) is 0 Å². The smallest absolute Gasteiger partial charge is 0.294 e. The van der Waals surface area contributed by atoms with E-state index in [0.717, 1.165) is 0 Å². The fourth-order valence-corrected chi connectivity index (χ4v) is 1.17. The van der Waals surface area contributed by atoms with E-state index in [4.69, 9.17) is 5.73 Å². The van der Waals surface area contributed by atoms with Crippen LogP contribution in [0.5, 0.6) is 0 Å². The number of H-pyrrole nitrogens is 1. The molecule has 0 saturated heterocycles. The van der Waals surface area contributed by atoms with Gasteiger partial charge in [-0.25, -0.2) is 8.78 Å². The Hall–Kier alpha value is -1.83. The van der Waals surface area contributed by atoms with Crippen LogP contribution in [0.2, 0.25) is 0 Å². The van der Waals surface area contributed by atoms with Gasteiger partial charge in [0.1, 0.15) is 5.56 Å². The second kappa shape index (κ2) is 4.13. The summed E-state index contributed by atoms with van der Waals surface area (Å²) in [6.07, 6.45) is -2.46. The minimum atomic E-state index is -3.11. The molecule has 0 aromatic carbocycles. The summed E-state index contributed by atoms with van der Waals surface area (Å²) in [6, 6.07) is 0. The molecule has 0 radical (unpaired) electrons. The van der Waals surface area contributed by atoms with Crippen molar-refractivity contribution in [2.24, 2.45) is 5.73 Å². The average molecular weight is 219 g/mol. The van der Waals surface area contributed by atoms with Crippen molar-refractivity contribution < 1.29 is 13.7 Å². The van der Waals surface area contributed by atoms with E-state index < -0.39 is 40.3 Å². The number of aromatic amines is 1. The van der Waals surface area contributed by atoms with E-state index >= 15 is 0 Å². The van der Waals surface area contributed by atoms with Crippen molar-refractivity contribution >= 4 is 5.69 Å². The molecule has 0 unspecified atom stereocenters. The van der Waals surface area contributed by atoms with Gasteiger partial charge in [-0.1, -0.05) is 0 Å². The number of nitrogens with zero attached hydrogens (tertiary/aromatic N) is 1. The van der Waals surface area contributed by atoms with Crippen LogP contribution in [0.25, 0.3) is 0 Å². The molecule has 15 heavy (non-hydrogen) atoms. The zero-order valence-electron chi connectivity index (χ0n) is 7.37. The lowest BCUT2D eigenvalue weighted by Crippen LogP contribution is -2.20. The summed E-state index contributed by atoms with van der Waals surface area (Å²) >= 11 is 0. The SMILES string of the molecule is NCc1c(C(F)F)c([N+](=O)[O-])c[nH]c1=O. The van der Waals surface area contributed by atoms with Gasteiger partial charge in [0.25, 0.3) is 17.7 Å². The first kappa shape index (κ1) is 11.2. The fourth-order valence-electron chi connectivity index (χ4n) is 1.17. The van der Waals surface area contributed by atoms with Crippen LogP contribution in [0.4, 0.5) is 14.5 Å². The molecule has 0 aliphatic carbocycles. The minimum absolute atomic E-state index is 0.459. The van der Waals surface area contributed by atoms with Crippen LogP contribution in [0.3, 0.4) is 0 Å². The van der Waals surface area contributed by atoms with Gasteiger partial charge in [0.05, 0.1) is 11.1 Å². The van der Waals surface area contributed by atoms with Crippen molar-refractivity contribution in [2.75, 3.05) is 0 Å². The Morgan fingerprint density at radius 1 is 1.60 bits per heavy atom. The third-order valence-corrected chi connectivity index (χ3v) is 1.83. The maximum atomic E-state index is 12.5. The van der Waals surface area contributed by atoms with Crippen LogP contribution in [0.1, 0.15) is 17.6 Å². The molecular weight excluding hydrogens is 212 g/mol. The van der Waals surface area contributed by atoms with E-state index in [0.29, 0.717) is 6.20 Å². The van der Waals surface area contributed by atoms with Gasteiger partial charge in [0.2, 0.25) is 0 Å². The predicted octanol–water partition coefficient (Wildman–Crippen LogP) is 0.679. The standard InChI is InChI=1S/C7H7F2N3O3/c8-6(9)5-3(1-10)7(13)11-2-4(5)12(14)15/h2,6H,1,10H2,(H,11,13). The Morgan fingerprint density at radius 2 is 2.20 bits per heavy atom. The van der Waals surface area contributed by atoms with Gasteiger partial charge in [-0.3, -0.25) is 14.9 Å². The third-order valence-electron chi connectivity index (χ3n) is 1.83. The van der Waals surface area contributed by atoms with Crippen molar-refractivity contribution in [3.8, 4) is 0 Å². The highest BCUT2D eigenvalue weighted by atomic mass is 19.3. The van der Waals surface area contributed by atoms with Crippen LogP contribution < -0.4 is 11.3 Å². The Morgan fingerprint density at radius 3 is 2.60 bits per heavy atom. The van der Waals surface area contributed by atoms with Crippen molar-refractivity contribution in [1.29, 1.82) is 0 Å². The number of rotatable bonds is 3. The average Bonchev–Trinajstić information content (AvgIpc) is 2.16. The summed E-state index contributed by atoms with van der Waals surface area (Å²) < 4.78 is 25.0. The van der Waals surface area contributed by atoms with E-state index in [9.17, 15) is 23.7 Å². The maximum Gasteiger partial charge on any atom is 0.294 e. The van der Waals surface area contributed by atoms with E-state index in [2.05, 4.69) is 0 Å². The molecule has 0 fully saturated rings. The Bertz CT molecular complexity index is 444.